The standard InChI is InChI=1S/C14H22N2O2S2/c1-11-2-5-14(19-11)20(17,18)16(13-3-4-13)10-12-6-8-15-9-7-12/h2,5,12-13,15H,3-4,6-10H2,1H3. The van der Waals surface area contributed by atoms with Crippen molar-refractivity contribution in [1.82, 2.24) is 9.62 Å². The average Bonchev–Trinajstić information content (AvgIpc) is 3.17. The van der Waals surface area contributed by atoms with Crippen molar-refractivity contribution in [3.63, 3.8) is 0 Å². The molecular weight excluding hydrogens is 292 g/mol. The third-order valence-electron chi connectivity index (χ3n) is 4.13. The van der Waals surface area contributed by atoms with E-state index in [4.69, 9.17) is 0 Å². The molecule has 3 rings (SSSR count). The van der Waals surface area contributed by atoms with Gasteiger partial charge in [0, 0.05) is 17.5 Å². The lowest BCUT2D eigenvalue weighted by atomic mass is 9.98. The number of nitrogens with zero attached hydrogens (tertiary/aromatic N) is 1. The Kier molecular flexibility index (Phi) is 4.17. The number of thiophene rings is 1. The summed E-state index contributed by atoms with van der Waals surface area (Å²) in [5.41, 5.74) is 0. The summed E-state index contributed by atoms with van der Waals surface area (Å²) in [5.74, 6) is 0.507. The summed E-state index contributed by atoms with van der Waals surface area (Å²) in [4.78, 5) is 1.06. The van der Waals surface area contributed by atoms with Crippen molar-refractivity contribution in [2.75, 3.05) is 19.6 Å². The average molecular weight is 314 g/mol. The Morgan fingerprint density at radius 2 is 1.95 bits per heavy atom. The normalized spacial score (nSPS) is 21.5. The predicted octanol–water partition coefficient (Wildman–Crippen LogP) is 2.21. The van der Waals surface area contributed by atoms with Crippen LogP contribution in [0, 0.1) is 12.8 Å². The summed E-state index contributed by atoms with van der Waals surface area (Å²) >= 11 is 1.39. The molecule has 0 spiro atoms. The highest BCUT2D eigenvalue weighted by Gasteiger charge is 2.39. The van der Waals surface area contributed by atoms with Crippen LogP contribution in [0.25, 0.3) is 0 Å². The van der Waals surface area contributed by atoms with Gasteiger partial charge in [-0.05, 0) is 63.7 Å². The maximum atomic E-state index is 12.8. The Morgan fingerprint density at radius 1 is 1.25 bits per heavy atom. The first-order valence-electron chi connectivity index (χ1n) is 7.36. The van der Waals surface area contributed by atoms with Crippen molar-refractivity contribution in [2.45, 2.75) is 42.9 Å². The van der Waals surface area contributed by atoms with Crippen LogP contribution in [-0.4, -0.2) is 38.4 Å². The van der Waals surface area contributed by atoms with Gasteiger partial charge < -0.3 is 5.32 Å². The largest absolute Gasteiger partial charge is 0.317 e. The maximum Gasteiger partial charge on any atom is 0.252 e. The van der Waals surface area contributed by atoms with Gasteiger partial charge in [-0.1, -0.05) is 0 Å². The molecule has 1 aliphatic carbocycles. The molecule has 4 nitrogen and oxygen atoms in total. The van der Waals surface area contributed by atoms with Gasteiger partial charge in [-0.2, -0.15) is 4.31 Å². The highest BCUT2D eigenvalue weighted by Crippen LogP contribution is 2.35. The molecule has 20 heavy (non-hydrogen) atoms. The highest BCUT2D eigenvalue weighted by molar-refractivity contribution is 7.91. The minimum atomic E-state index is -3.28. The third-order valence-corrected chi connectivity index (χ3v) is 7.52. The van der Waals surface area contributed by atoms with E-state index in [1.807, 2.05) is 13.0 Å². The Labute approximate surface area is 125 Å². The van der Waals surface area contributed by atoms with E-state index in [0.717, 1.165) is 43.6 Å². The molecule has 6 heteroatoms. The molecule has 1 aromatic heterocycles. The molecule has 0 radical (unpaired) electrons. The fourth-order valence-electron chi connectivity index (χ4n) is 2.79. The zero-order chi connectivity index (χ0) is 14.2. The summed E-state index contributed by atoms with van der Waals surface area (Å²) in [5, 5.41) is 3.34. The Hall–Kier alpha value is -0.430. The molecule has 2 aliphatic rings. The fourth-order valence-corrected chi connectivity index (χ4v) is 5.96. The fraction of sp³-hybridized carbons (Fsp3) is 0.714. The second kappa shape index (κ2) is 5.75. The zero-order valence-electron chi connectivity index (χ0n) is 11.8. The van der Waals surface area contributed by atoms with E-state index in [-0.39, 0.29) is 6.04 Å². The van der Waals surface area contributed by atoms with E-state index in [1.54, 1.807) is 10.4 Å². The first kappa shape index (κ1) is 14.5. The predicted molar refractivity (Wildman–Crippen MR) is 81.6 cm³/mol. The van der Waals surface area contributed by atoms with Crippen molar-refractivity contribution in [3.8, 4) is 0 Å². The van der Waals surface area contributed by atoms with Crippen LogP contribution in [0.15, 0.2) is 16.3 Å². The lowest BCUT2D eigenvalue weighted by Gasteiger charge is -2.29. The lowest BCUT2D eigenvalue weighted by Crippen LogP contribution is -2.40. The molecule has 1 saturated heterocycles. The molecule has 0 unspecified atom stereocenters. The molecular formula is C14H22N2O2S2. The molecule has 0 aromatic carbocycles. The number of sulfonamides is 1. The van der Waals surface area contributed by atoms with Crippen LogP contribution in [0.3, 0.4) is 0 Å². The molecule has 0 atom stereocenters. The van der Waals surface area contributed by atoms with Crippen molar-refractivity contribution < 1.29 is 8.42 Å². The summed E-state index contributed by atoms with van der Waals surface area (Å²) in [7, 11) is -3.28. The molecule has 2 heterocycles. The van der Waals surface area contributed by atoms with Gasteiger partial charge >= 0.3 is 0 Å². The Bertz CT molecular complexity index is 557. The molecule has 112 valence electrons. The highest BCUT2D eigenvalue weighted by atomic mass is 32.2. The van der Waals surface area contributed by atoms with E-state index in [1.165, 1.54) is 11.3 Å². The zero-order valence-corrected chi connectivity index (χ0v) is 13.5. The van der Waals surface area contributed by atoms with Gasteiger partial charge in [0.05, 0.1) is 0 Å². The van der Waals surface area contributed by atoms with Crippen LogP contribution in [-0.2, 0) is 10.0 Å². The first-order valence-corrected chi connectivity index (χ1v) is 9.62. The Balaban J connectivity index is 1.79. The monoisotopic (exact) mass is 314 g/mol. The molecule has 1 saturated carbocycles. The van der Waals surface area contributed by atoms with Gasteiger partial charge in [0.25, 0.3) is 10.0 Å². The van der Waals surface area contributed by atoms with E-state index in [2.05, 4.69) is 5.32 Å². The number of piperidine rings is 1. The van der Waals surface area contributed by atoms with Gasteiger partial charge in [-0.3, -0.25) is 0 Å². The summed E-state index contributed by atoms with van der Waals surface area (Å²) < 4.78 is 27.9. The molecule has 1 aliphatic heterocycles. The molecule has 0 bridgehead atoms. The van der Waals surface area contributed by atoms with Crippen LogP contribution in [0.4, 0.5) is 0 Å². The Morgan fingerprint density at radius 3 is 2.50 bits per heavy atom. The molecule has 1 N–H and O–H groups in total. The van der Waals surface area contributed by atoms with E-state index in [9.17, 15) is 8.42 Å². The van der Waals surface area contributed by atoms with Crippen LogP contribution >= 0.6 is 11.3 Å². The van der Waals surface area contributed by atoms with Crippen LogP contribution in [0.2, 0.25) is 0 Å². The van der Waals surface area contributed by atoms with Crippen molar-refractivity contribution >= 4 is 21.4 Å². The minimum absolute atomic E-state index is 0.247. The number of hydrogen-bond donors (Lipinski definition) is 1. The minimum Gasteiger partial charge on any atom is -0.317 e. The van der Waals surface area contributed by atoms with Gasteiger partial charge in [0.1, 0.15) is 4.21 Å². The van der Waals surface area contributed by atoms with Gasteiger partial charge in [0.2, 0.25) is 0 Å². The molecule has 2 fully saturated rings. The number of aryl methyl sites for hydroxylation is 1. The number of hydrogen-bond acceptors (Lipinski definition) is 4. The number of rotatable bonds is 5. The molecule has 1 aromatic rings. The van der Waals surface area contributed by atoms with Gasteiger partial charge in [0.15, 0.2) is 0 Å². The third kappa shape index (κ3) is 3.08. The van der Waals surface area contributed by atoms with Crippen LogP contribution in [0.1, 0.15) is 30.6 Å². The van der Waals surface area contributed by atoms with E-state index >= 15 is 0 Å². The SMILES string of the molecule is Cc1ccc(S(=O)(=O)N(CC2CCNCC2)C2CC2)s1. The summed E-state index contributed by atoms with van der Waals surface area (Å²) in [6, 6.07) is 3.90. The quantitative estimate of drug-likeness (QED) is 0.906. The summed E-state index contributed by atoms with van der Waals surface area (Å²) in [6.07, 6.45) is 4.22. The van der Waals surface area contributed by atoms with Gasteiger partial charge in [-0.25, -0.2) is 8.42 Å². The first-order chi connectivity index (χ1) is 9.57. The second-order valence-corrected chi connectivity index (χ2v) is 9.27. The van der Waals surface area contributed by atoms with Crippen LogP contribution in [0.5, 0.6) is 0 Å². The van der Waals surface area contributed by atoms with Crippen molar-refractivity contribution in [2.24, 2.45) is 5.92 Å². The molecule has 0 amide bonds. The number of nitrogens with one attached hydrogen (secondary N) is 1. The summed E-state index contributed by atoms with van der Waals surface area (Å²) in [6.45, 7) is 4.69. The topological polar surface area (TPSA) is 49.4 Å². The smallest absolute Gasteiger partial charge is 0.252 e. The van der Waals surface area contributed by atoms with E-state index in [0.29, 0.717) is 16.7 Å². The van der Waals surface area contributed by atoms with Crippen molar-refractivity contribution in [3.05, 3.63) is 17.0 Å². The second-order valence-electron chi connectivity index (χ2n) is 5.86. The van der Waals surface area contributed by atoms with Crippen LogP contribution < -0.4 is 5.32 Å². The maximum absolute atomic E-state index is 12.8. The van der Waals surface area contributed by atoms with Crippen molar-refractivity contribution in [1.29, 1.82) is 0 Å². The van der Waals surface area contributed by atoms with Gasteiger partial charge in [-0.15, -0.1) is 11.3 Å². The lowest BCUT2D eigenvalue weighted by molar-refractivity contribution is 0.283. The van der Waals surface area contributed by atoms with E-state index < -0.39 is 10.0 Å².